The van der Waals surface area contributed by atoms with Crippen LogP contribution in [-0.4, -0.2) is 56.1 Å². The van der Waals surface area contributed by atoms with Crippen LogP contribution in [0.4, 0.5) is 11.4 Å². The van der Waals surface area contributed by atoms with Crippen LogP contribution in [0, 0.1) is 13.8 Å². The van der Waals surface area contributed by atoms with E-state index in [4.69, 9.17) is 4.74 Å². The van der Waals surface area contributed by atoms with Crippen molar-refractivity contribution in [2.45, 2.75) is 20.8 Å². The quantitative estimate of drug-likeness (QED) is 0.816. The molecule has 0 atom stereocenters. The molecule has 1 aliphatic heterocycles. The smallest absolute Gasteiger partial charge is 0.254 e. The van der Waals surface area contributed by atoms with Crippen molar-refractivity contribution in [3.05, 3.63) is 59.2 Å². The summed E-state index contributed by atoms with van der Waals surface area (Å²) in [5.41, 5.74) is 4.66. The van der Waals surface area contributed by atoms with Crippen LogP contribution in [0.5, 0.6) is 0 Å². The molecule has 6 nitrogen and oxygen atoms in total. The molecule has 1 heterocycles. The molecule has 1 N–H and O–H groups in total. The van der Waals surface area contributed by atoms with Gasteiger partial charge in [0.2, 0.25) is 5.91 Å². The van der Waals surface area contributed by atoms with E-state index in [0.29, 0.717) is 12.1 Å². The van der Waals surface area contributed by atoms with Crippen LogP contribution in [0.3, 0.4) is 0 Å². The van der Waals surface area contributed by atoms with E-state index in [1.165, 1.54) is 0 Å². The number of ether oxygens (including phenoxy) is 1. The van der Waals surface area contributed by atoms with Crippen LogP contribution in [0.15, 0.2) is 42.5 Å². The Kier molecular flexibility index (Phi) is 6.88. The van der Waals surface area contributed by atoms with E-state index in [1.54, 1.807) is 4.90 Å². The maximum atomic E-state index is 12.8. The molecule has 0 spiro atoms. The van der Waals surface area contributed by atoms with Crippen molar-refractivity contribution < 1.29 is 14.3 Å². The van der Waals surface area contributed by atoms with Gasteiger partial charge in [0, 0.05) is 36.6 Å². The van der Waals surface area contributed by atoms with Gasteiger partial charge < -0.3 is 19.9 Å². The summed E-state index contributed by atoms with van der Waals surface area (Å²) in [5.74, 6) is -0.337. The van der Waals surface area contributed by atoms with E-state index in [0.717, 1.165) is 48.8 Å². The minimum Gasteiger partial charge on any atom is -0.378 e. The summed E-state index contributed by atoms with van der Waals surface area (Å²) in [6, 6.07) is 13.4. The van der Waals surface area contributed by atoms with Crippen molar-refractivity contribution in [3.63, 3.8) is 0 Å². The summed E-state index contributed by atoms with van der Waals surface area (Å²) in [7, 11) is 0. The fourth-order valence-corrected chi connectivity index (χ4v) is 3.34. The zero-order chi connectivity index (χ0) is 20.8. The first-order chi connectivity index (χ1) is 14.0. The number of amides is 2. The number of hydrogen-bond acceptors (Lipinski definition) is 4. The van der Waals surface area contributed by atoms with Gasteiger partial charge in [0.1, 0.15) is 6.54 Å². The zero-order valence-corrected chi connectivity index (χ0v) is 17.4. The lowest BCUT2D eigenvalue weighted by Gasteiger charge is -2.29. The number of carbonyl (C=O) groups is 2. The van der Waals surface area contributed by atoms with Crippen molar-refractivity contribution >= 4 is 23.2 Å². The molecule has 0 bridgehead atoms. The Hall–Kier alpha value is -2.86. The molecule has 0 saturated carbocycles. The molecule has 3 rings (SSSR count). The maximum absolute atomic E-state index is 12.8. The molecule has 1 saturated heterocycles. The number of rotatable bonds is 6. The number of carbonyl (C=O) groups excluding carboxylic acids is 2. The SMILES string of the molecule is CCN(CC(=O)Nc1ccc(N2CCOCC2)cc1)C(=O)c1ccc(C)c(C)c1. The van der Waals surface area contributed by atoms with Crippen LogP contribution in [0.25, 0.3) is 0 Å². The third-order valence-corrected chi connectivity index (χ3v) is 5.28. The second kappa shape index (κ2) is 9.56. The molecule has 2 aromatic carbocycles. The largest absolute Gasteiger partial charge is 0.378 e. The van der Waals surface area contributed by atoms with Gasteiger partial charge in [-0.3, -0.25) is 9.59 Å². The summed E-state index contributed by atoms with van der Waals surface area (Å²) in [5, 5.41) is 2.89. The number of hydrogen-bond donors (Lipinski definition) is 1. The number of nitrogens with one attached hydrogen (secondary N) is 1. The van der Waals surface area contributed by atoms with Gasteiger partial charge in [-0.1, -0.05) is 6.07 Å². The highest BCUT2D eigenvalue weighted by atomic mass is 16.5. The molecular weight excluding hydrogens is 366 g/mol. The van der Waals surface area contributed by atoms with Crippen LogP contribution < -0.4 is 10.2 Å². The number of morpholine rings is 1. The summed E-state index contributed by atoms with van der Waals surface area (Å²) in [4.78, 5) is 29.1. The molecular formula is C23H29N3O3. The van der Waals surface area contributed by atoms with Crippen molar-refractivity contribution in [3.8, 4) is 0 Å². The molecule has 154 valence electrons. The predicted molar refractivity (Wildman–Crippen MR) is 116 cm³/mol. The van der Waals surface area contributed by atoms with E-state index in [1.807, 2.05) is 63.2 Å². The monoisotopic (exact) mass is 395 g/mol. The molecule has 2 aromatic rings. The first-order valence-electron chi connectivity index (χ1n) is 10.1. The summed E-state index contributed by atoms with van der Waals surface area (Å²) >= 11 is 0. The Morgan fingerprint density at radius 3 is 2.34 bits per heavy atom. The summed E-state index contributed by atoms with van der Waals surface area (Å²) in [6.07, 6.45) is 0. The summed E-state index contributed by atoms with van der Waals surface area (Å²) < 4.78 is 5.38. The van der Waals surface area contributed by atoms with E-state index >= 15 is 0 Å². The Morgan fingerprint density at radius 2 is 1.72 bits per heavy atom. The zero-order valence-electron chi connectivity index (χ0n) is 17.4. The van der Waals surface area contributed by atoms with Gasteiger partial charge in [0.25, 0.3) is 5.91 Å². The van der Waals surface area contributed by atoms with E-state index in [9.17, 15) is 9.59 Å². The van der Waals surface area contributed by atoms with Crippen molar-refractivity contribution in [2.75, 3.05) is 49.6 Å². The minimum absolute atomic E-state index is 0.0213. The number of likely N-dealkylation sites (N-methyl/N-ethyl adjacent to an activating group) is 1. The maximum Gasteiger partial charge on any atom is 0.254 e. The van der Waals surface area contributed by atoms with Gasteiger partial charge in [-0.25, -0.2) is 0 Å². The minimum atomic E-state index is -0.205. The second-order valence-corrected chi connectivity index (χ2v) is 7.31. The third kappa shape index (κ3) is 5.35. The first-order valence-corrected chi connectivity index (χ1v) is 10.1. The van der Waals surface area contributed by atoms with Crippen molar-refractivity contribution in [2.24, 2.45) is 0 Å². The number of nitrogens with zero attached hydrogens (tertiary/aromatic N) is 2. The molecule has 0 aromatic heterocycles. The number of aryl methyl sites for hydroxylation is 2. The number of anilines is 2. The highest BCUT2D eigenvalue weighted by Crippen LogP contribution is 2.19. The predicted octanol–water partition coefficient (Wildman–Crippen LogP) is 3.24. The second-order valence-electron chi connectivity index (χ2n) is 7.31. The van der Waals surface area contributed by atoms with Gasteiger partial charge in [-0.05, 0) is 68.3 Å². The molecule has 1 fully saturated rings. The highest BCUT2D eigenvalue weighted by molar-refractivity contribution is 5.99. The van der Waals surface area contributed by atoms with Gasteiger partial charge in [0.05, 0.1) is 13.2 Å². The number of benzene rings is 2. The van der Waals surface area contributed by atoms with Gasteiger partial charge in [-0.15, -0.1) is 0 Å². The highest BCUT2D eigenvalue weighted by Gasteiger charge is 2.18. The average molecular weight is 396 g/mol. The van der Waals surface area contributed by atoms with Gasteiger partial charge in [0.15, 0.2) is 0 Å². The van der Waals surface area contributed by atoms with Crippen LogP contribution in [-0.2, 0) is 9.53 Å². The lowest BCUT2D eigenvalue weighted by atomic mass is 10.1. The van der Waals surface area contributed by atoms with Crippen molar-refractivity contribution in [1.29, 1.82) is 0 Å². The molecule has 0 unspecified atom stereocenters. The molecule has 0 radical (unpaired) electrons. The van der Waals surface area contributed by atoms with Crippen molar-refractivity contribution in [1.82, 2.24) is 4.90 Å². The van der Waals surface area contributed by atoms with E-state index in [2.05, 4.69) is 10.2 Å². The van der Waals surface area contributed by atoms with Gasteiger partial charge >= 0.3 is 0 Å². The first kappa shape index (κ1) is 20.9. The van der Waals surface area contributed by atoms with Gasteiger partial charge in [-0.2, -0.15) is 0 Å². The Balaban J connectivity index is 1.59. The fraction of sp³-hybridized carbons (Fsp3) is 0.391. The molecule has 0 aliphatic carbocycles. The Morgan fingerprint density at radius 1 is 1.03 bits per heavy atom. The van der Waals surface area contributed by atoms with Crippen LogP contribution >= 0.6 is 0 Å². The lowest BCUT2D eigenvalue weighted by Crippen LogP contribution is -2.38. The third-order valence-electron chi connectivity index (χ3n) is 5.28. The van der Waals surface area contributed by atoms with Crippen LogP contribution in [0.1, 0.15) is 28.4 Å². The molecule has 29 heavy (non-hydrogen) atoms. The average Bonchev–Trinajstić information content (AvgIpc) is 2.74. The summed E-state index contributed by atoms with van der Waals surface area (Å²) in [6.45, 7) is 9.58. The fourth-order valence-electron chi connectivity index (χ4n) is 3.34. The van der Waals surface area contributed by atoms with E-state index in [-0.39, 0.29) is 18.4 Å². The molecule has 1 aliphatic rings. The Bertz CT molecular complexity index is 858. The Labute approximate surface area is 172 Å². The normalized spacial score (nSPS) is 13.8. The standard InChI is InChI=1S/C23H29N3O3/c1-4-25(23(28)19-6-5-17(2)18(3)15-19)16-22(27)24-20-7-9-21(10-8-20)26-11-13-29-14-12-26/h5-10,15H,4,11-14,16H2,1-3H3,(H,24,27). The van der Waals surface area contributed by atoms with Crippen LogP contribution in [0.2, 0.25) is 0 Å². The molecule has 6 heteroatoms. The topological polar surface area (TPSA) is 61.9 Å². The molecule has 2 amide bonds. The lowest BCUT2D eigenvalue weighted by molar-refractivity contribution is -0.116. The van der Waals surface area contributed by atoms with E-state index < -0.39 is 0 Å².